The maximum Gasteiger partial charge on any atom is 0.338 e. The summed E-state index contributed by atoms with van der Waals surface area (Å²) in [7, 11) is 0. The van der Waals surface area contributed by atoms with E-state index in [1.807, 2.05) is 62.4 Å². The number of thioether (sulfide) groups is 1. The summed E-state index contributed by atoms with van der Waals surface area (Å²) >= 11 is 5.16. The van der Waals surface area contributed by atoms with Gasteiger partial charge in [0.25, 0.3) is 0 Å². The molecule has 7 nitrogen and oxygen atoms in total. The molecule has 9 heteroatoms. The van der Waals surface area contributed by atoms with Crippen molar-refractivity contribution in [2.45, 2.75) is 45.0 Å². The number of fused-ring (bicyclic) bond motifs is 1. The van der Waals surface area contributed by atoms with E-state index in [4.69, 9.17) is 14.6 Å². The number of rotatable bonds is 9. The Hall–Kier alpha value is -2.78. The molecule has 1 aliphatic heterocycles. The Labute approximate surface area is 212 Å². The number of benzene rings is 2. The lowest BCUT2D eigenvalue weighted by Crippen LogP contribution is -2.30. The third-order valence-electron chi connectivity index (χ3n) is 5.27. The van der Waals surface area contributed by atoms with Crippen LogP contribution in [0.2, 0.25) is 0 Å². The smallest absolute Gasteiger partial charge is 0.338 e. The first-order valence-corrected chi connectivity index (χ1v) is 13.0. The molecule has 0 spiro atoms. The van der Waals surface area contributed by atoms with Gasteiger partial charge in [-0.05, 0) is 44.0 Å². The normalized spacial score (nSPS) is 15.0. The van der Waals surface area contributed by atoms with Gasteiger partial charge in [0.1, 0.15) is 18.4 Å². The minimum absolute atomic E-state index is 0.182. The Balaban J connectivity index is 1.76. The lowest BCUT2D eigenvalue weighted by Gasteiger charge is -2.29. The van der Waals surface area contributed by atoms with Crippen LogP contribution in [0.5, 0.6) is 5.75 Å². The number of carbonyl (C=O) groups excluding carboxylic acids is 1. The lowest BCUT2D eigenvalue weighted by molar-refractivity contribution is -0.140. The number of anilines is 1. The maximum atomic E-state index is 13.5. The minimum atomic E-state index is -0.554. The van der Waals surface area contributed by atoms with Crippen molar-refractivity contribution in [2.24, 2.45) is 0 Å². The average molecular weight is 543 g/mol. The van der Waals surface area contributed by atoms with E-state index in [0.717, 1.165) is 27.8 Å². The van der Waals surface area contributed by atoms with Gasteiger partial charge in [-0.2, -0.15) is 4.98 Å². The summed E-state index contributed by atoms with van der Waals surface area (Å²) in [6.45, 7) is 6.60. The molecule has 4 rings (SSSR count). The van der Waals surface area contributed by atoms with Crippen molar-refractivity contribution in [2.75, 3.05) is 17.7 Å². The summed E-state index contributed by atoms with van der Waals surface area (Å²) in [5.41, 5.74) is 2.88. The van der Waals surface area contributed by atoms with Gasteiger partial charge in [-0.25, -0.2) is 9.48 Å². The van der Waals surface area contributed by atoms with E-state index in [-0.39, 0.29) is 6.61 Å². The summed E-state index contributed by atoms with van der Waals surface area (Å²) in [5, 5.41) is 8.67. The molecule has 1 atom stereocenters. The van der Waals surface area contributed by atoms with Crippen molar-refractivity contribution in [3.8, 4) is 5.75 Å². The summed E-state index contributed by atoms with van der Waals surface area (Å²) in [4.78, 5) is 18.1. The van der Waals surface area contributed by atoms with E-state index >= 15 is 0 Å². The molecule has 1 aromatic heterocycles. The van der Waals surface area contributed by atoms with Gasteiger partial charge in [0.2, 0.25) is 11.1 Å². The van der Waals surface area contributed by atoms with Crippen LogP contribution in [0, 0.1) is 0 Å². The monoisotopic (exact) mass is 542 g/mol. The molecule has 0 saturated carbocycles. The summed E-state index contributed by atoms with van der Waals surface area (Å²) < 4.78 is 14.3. The van der Waals surface area contributed by atoms with Crippen molar-refractivity contribution in [3.05, 3.63) is 75.4 Å². The largest absolute Gasteiger partial charge is 0.494 e. The SMILES string of the molecule is CCCSc1nc2n(n1)C(c1cc(Br)ccc1OCC)C(C(=O)OCc1ccccc1)=C(C)N2. The second kappa shape index (κ2) is 11.1. The first kappa shape index (κ1) is 24.3. The quantitative estimate of drug-likeness (QED) is 0.263. The molecule has 0 fully saturated rings. The molecular weight excluding hydrogens is 516 g/mol. The molecular formula is C25H27BrN4O3S. The number of nitrogens with one attached hydrogen (secondary N) is 1. The molecule has 1 unspecified atom stereocenters. The van der Waals surface area contributed by atoms with Crippen LogP contribution in [0.1, 0.15) is 44.4 Å². The second-order valence-corrected chi connectivity index (χ2v) is 9.73. The Morgan fingerprint density at radius 2 is 2.00 bits per heavy atom. The minimum Gasteiger partial charge on any atom is -0.494 e. The van der Waals surface area contributed by atoms with E-state index < -0.39 is 12.0 Å². The number of hydrogen-bond donors (Lipinski definition) is 1. The lowest BCUT2D eigenvalue weighted by atomic mass is 9.95. The van der Waals surface area contributed by atoms with Gasteiger partial charge in [-0.1, -0.05) is 64.9 Å². The molecule has 0 saturated heterocycles. The van der Waals surface area contributed by atoms with Gasteiger partial charge in [0.15, 0.2) is 0 Å². The van der Waals surface area contributed by atoms with Gasteiger partial charge in [0, 0.05) is 21.5 Å². The Morgan fingerprint density at radius 3 is 2.74 bits per heavy atom. The highest BCUT2D eigenvalue weighted by Crippen LogP contribution is 2.41. The van der Waals surface area contributed by atoms with Crippen molar-refractivity contribution >= 4 is 39.6 Å². The highest BCUT2D eigenvalue weighted by molar-refractivity contribution is 9.10. The maximum absolute atomic E-state index is 13.5. The van der Waals surface area contributed by atoms with E-state index in [1.54, 1.807) is 16.4 Å². The number of nitrogens with zero attached hydrogens (tertiary/aromatic N) is 3. The molecule has 1 aliphatic rings. The molecule has 178 valence electrons. The molecule has 2 heterocycles. The number of allylic oxidation sites excluding steroid dienone is 1. The third-order valence-corrected chi connectivity index (χ3v) is 6.80. The number of carbonyl (C=O) groups is 1. The van der Waals surface area contributed by atoms with E-state index in [9.17, 15) is 4.79 Å². The van der Waals surface area contributed by atoms with Crippen LogP contribution in [0.4, 0.5) is 5.95 Å². The van der Waals surface area contributed by atoms with Gasteiger partial charge in [0.05, 0.1) is 12.2 Å². The summed E-state index contributed by atoms with van der Waals surface area (Å²) in [6, 6.07) is 14.9. The van der Waals surface area contributed by atoms with Gasteiger partial charge in [-0.15, -0.1) is 5.10 Å². The van der Waals surface area contributed by atoms with Crippen molar-refractivity contribution in [1.29, 1.82) is 0 Å². The van der Waals surface area contributed by atoms with Crippen LogP contribution in [-0.2, 0) is 16.1 Å². The van der Waals surface area contributed by atoms with Gasteiger partial charge >= 0.3 is 5.97 Å². The molecule has 34 heavy (non-hydrogen) atoms. The Bertz CT molecular complexity index is 1200. The second-order valence-electron chi connectivity index (χ2n) is 7.75. The fourth-order valence-corrected chi connectivity index (χ4v) is 4.82. The Morgan fingerprint density at radius 1 is 1.21 bits per heavy atom. The predicted molar refractivity (Wildman–Crippen MR) is 137 cm³/mol. The van der Waals surface area contributed by atoms with Crippen LogP contribution >= 0.6 is 27.7 Å². The number of halogens is 1. The number of ether oxygens (including phenoxy) is 2. The molecule has 0 aliphatic carbocycles. The van der Waals surface area contributed by atoms with Crippen LogP contribution in [0.3, 0.4) is 0 Å². The van der Waals surface area contributed by atoms with Crippen LogP contribution in [-0.4, -0.2) is 33.1 Å². The fourth-order valence-electron chi connectivity index (χ4n) is 3.76. The molecule has 0 amide bonds. The van der Waals surface area contributed by atoms with Crippen molar-refractivity contribution in [3.63, 3.8) is 0 Å². The Kier molecular flexibility index (Phi) is 7.95. The first-order chi connectivity index (χ1) is 16.5. The van der Waals surface area contributed by atoms with Crippen molar-refractivity contribution < 1.29 is 14.3 Å². The highest BCUT2D eigenvalue weighted by Gasteiger charge is 2.37. The zero-order valence-corrected chi connectivity index (χ0v) is 21.8. The summed E-state index contributed by atoms with van der Waals surface area (Å²) in [6.07, 6.45) is 1.01. The predicted octanol–water partition coefficient (Wildman–Crippen LogP) is 5.97. The van der Waals surface area contributed by atoms with E-state index in [2.05, 4.69) is 33.2 Å². The van der Waals surface area contributed by atoms with E-state index in [0.29, 0.717) is 34.7 Å². The molecule has 1 N–H and O–H groups in total. The van der Waals surface area contributed by atoms with Crippen molar-refractivity contribution in [1.82, 2.24) is 14.8 Å². The third kappa shape index (κ3) is 5.31. The van der Waals surface area contributed by atoms with Crippen LogP contribution < -0.4 is 10.1 Å². The molecule has 0 radical (unpaired) electrons. The molecule has 3 aromatic rings. The van der Waals surface area contributed by atoms with Gasteiger partial charge in [-0.3, -0.25) is 0 Å². The summed E-state index contributed by atoms with van der Waals surface area (Å²) in [5.74, 6) is 1.77. The number of aromatic nitrogens is 3. The molecule has 0 bridgehead atoms. The highest BCUT2D eigenvalue weighted by atomic mass is 79.9. The zero-order chi connectivity index (χ0) is 24.1. The van der Waals surface area contributed by atoms with Crippen LogP contribution in [0.25, 0.3) is 0 Å². The number of hydrogen-bond acceptors (Lipinski definition) is 7. The number of esters is 1. The topological polar surface area (TPSA) is 78.3 Å². The van der Waals surface area contributed by atoms with Gasteiger partial charge < -0.3 is 14.8 Å². The molecule has 2 aromatic carbocycles. The fraction of sp³-hybridized carbons (Fsp3) is 0.320. The zero-order valence-electron chi connectivity index (χ0n) is 19.4. The standard InChI is InChI=1S/C25H27BrN4O3S/c1-4-13-34-25-28-24-27-16(3)21(23(31)33-15-17-9-7-6-8-10-17)22(30(24)29-25)19-14-18(26)11-12-20(19)32-5-2/h6-12,14,22H,4-5,13,15H2,1-3H3,(H,27,28,29). The average Bonchev–Trinajstić information content (AvgIpc) is 3.24. The first-order valence-electron chi connectivity index (χ1n) is 11.2. The van der Waals surface area contributed by atoms with E-state index in [1.165, 1.54) is 0 Å². The van der Waals surface area contributed by atoms with Crippen LogP contribution in [0.15, 0.2) is 69.4 Å².